The van der Waals surface area contributed by atoms with Crippen molar-refractivity contribution in [2.75, 3.05) is 32.1 Å². The third-order valence-electron chi connectivity index (χ3n) is 3.51. The molecule has 1 aromatic rings. The monoisotopic (exact) mass is 298 g/mol. The first-order valence-electron chi connectivity index (χ1n) is 6.89. The van der Waals surface area contributed by atoms with E-state index in [-0.39, 0.29) is 18.4 Å². The number of aromatic nitrogens is 1. The van der Waals surface area contributed by atoms with Crippen LogP contribution in [-0.2, 0) is 22.5 Å². The van der Waals surface area contributed by atoms with E-state index in [4.69, 9.17) is 10.5 Å². The molecule has 7 heteroatoms. The molecule has 1 amide bonds. The number of amides is 1. The molecule has 1 unspecified atom stereocenters. The van der Waals surface area contributed by atoms with Gasteiger partial charge in [0.15, 0.2) is 5.13 Å². The van der Waals surface area contributed by atoms with Gasteiger partial charge in [0.05, 0.1) is 18.2 Å². The number of hydrogen-bond donors (Lipinski definition) is 2. The average Bonchev–Trinajstić information content (AvgIpc) is 2.85. The second-order valence-corrected chi connectivity index (χ2v) is 5.94. The van der Waals surface area contributed by atoms with Crippen LogP contribution in [0.4, 0.5) is 5.13 Å². The highest BCUT2D eigenvalue weighted by molar-refractivity contribution is 7.15. The summed E-state index contributed by atoms with van der Waals surface area (Å²) in [4.78, 5) is 20.0. The molecule has 0 bridgehead atoms. The molecule has 20 heavy (non-hydrogen) atoms. The molecule has 1 aliphatic heterocycles. The summed E-state index contributed by atoms with van der Waals surface area (Å²) in [5, 5.41) is 3.53. The van der Waals surface area contributed by atoms with Crippen molar-refractivity contribution in [3.63, 3.8) is 0 Å². The molecule has 6 nitrogen and oxygen atoms in total. The van der Waals surface area contributed by atoms with E-state index >= 15 is 0 Å². The predicted octanol–water partition coefficient (Wildman–Crippen LogP) is 0.823. The average molecular weight is 298 g/mol. The zero-order valence-corrected chi connectivity index (χ0v) is 12.8. The van der Waals surface area contributed by atoms with Crippen molar-refractivity contribution in [1.29, 1.82) is 0 Å². The molecule has 2 rings (SSSR count). The van der Waals surface area contributed by atoms with E-state index in [2.05, 4.69) is 22.1 Å². The normalized spacial score (nSPS) is 16.8. The number of carbonyl (C=O) groups excluding carboxylic acids is 1. The number of nitrogens with one attached hydrogen (secondary N) is 1. The third-order valence-corrected chi connectivity index (χ3v) is 4.51. The summed E-state index contributed by atoms with van der Waals surface area (Å²) in [5.74, 6) is -0.0965. The summed E-state index contributed by atoms with van der Waals surface area (Å²) < 4.78 is 5.11. The van der Waals surface area contributed by atoms with Crippen molar-refractivity contribution in [3.8, 4) is 0 Å². The minimum Gasteiger partial charge on any atom is -0.380 e. The summed E-state index contributed by atoms with van der Waals surface area (Å²) in [6.07, 6.45) is 0.984. The smallest absolute Gasteiger partial charge is 0.228 e. The minimum absolute atomic E-state index is 0.0965. The van der Waals surface area contributed by atoms with E-state index in [1.807, 2.05) is 0 Å². The maximum absolute atomic E-state index is 11.9. The van der Waals surface area contributed by atoms with Crippen molar-refractivity contribution in [2.24, 2.45) is 5.73 Å². The van der Waals surface area contributed by atoms with Crippen molar-refractivity contribution in [3.05, 3.63) is 10.6 Å². The van der Waals surface area contributed by atoms with Crippen LogP contribution in [0.15, 0.2) is 0 Å². The van der Waals surface area contributed by atoms with E-state index in [0.29, 0.717) is 11.7 Å². The first-order valence-corrected chi connectivity index (χ1v) is 7.71. The molecule has 1 atom stereocenters. The molecular formula is C13H22N4O2S. The molecule has 1 aliphatic rings. The highest BCUT2D eigenvalue weighted by Gasteiger charge is 2.20. The lowest BCUT2D eigenvalue weighted by Gasteiger charge is -2.23. The number of methoxy groups -OCH3 is 1. The number of carbonyl (C=O) groups is 1. The quantitative estimate of drug-likeness (QED) is 0.813. The number of rotatable bonds is 6. The Morgan fingerprint density at radius 2 is 2.45 bits per heavy atom. The van der Waals surface area contributed by atoms with Crippen LogP contribution in [0.5, 0.6) is 0 Å². The standard InChI is InChI=1S/C13H22N4O2S/c1-3-17-5-4-10-11(8-17)20-13(15-10)16-12(18)6-9(7-14)19-2/h9H,3-8,14H2,1-2H3,(H,15,16,18). The number of nitrogens with zero attached hydrogens (tertiary/aromatic N) is 2. The number of likely N-dealkylation sites (N-methyl/N-ethyl adjacent to an activating group) is 1. The van der Waals surface area contributed by atoms with Crippen LogP contribution in [0.1, 0.15) is 23.9 Å². The Morgan fingerprint density at radius 3 is 3.10 bits per heavy atom. The van der Waals surface area contributed by atoms with Crippen LogP contribution >= 0.6 is 11.3 Å². The summed E-state index contributed by atoms with van der Waals surface area (Å²) >= 11 is 1.57. The number of ether oxygens (including phenoxy) is 1. The van der Waals surface area contributed by atoms with Crippen LogP contribution in [0.2, 0.25) is 0 Å². The van der Waals surface area contributed by atoms with Gasteiger partial charge in [-0.1, -0.05) is 6.92 Å². The maximum atomic E-state index is 11.9. The molecule has 0 aromatic carbocycles. The Labute approximate surface area is 123 Å². The van der Waals surface area contributed by atoms with E-state index in [9.17, 15) is 4.79 Å². The molecule has 0 saturated heterocycles. The fourth-order valence-electron chi connectivity index (χ4n) is 2.21. The van der Waals surface area contributed by atoms with Crippen molar-refractivity contribution >= 4 is 22.4 Å². The zero-order valence-electron chi connectivity index (χ0n) is 12.0. The lowest BCUT2D eigenvalue weighted by molar-refractivity contribution is -0.118. The summed E-state index contributed by atoms with van der Waals surface area (Å²) in [6, 6.07) is 0. The molecular weight excluding hydrogens is 276 g/mol. The predicted molar refractivity (Wildman–Crippen MR) is 79.9 cm³/mol. The first kappa shape index (κ1) is 15.4. The van der Waals surface area contributed by atoms with E-state index in [0.717, 1.165) is 31.7 Å². The second kappa shape index (κ2) is 7.12. The highest BCUT2D eigenvalue weighted by Crippen LogP contribution is 2.28. The fraction of sp³-hybridized carbons (Fsp3) is 0.692. The first-order chi connectivity index (χ1) is 9.66. The van der Waals surface area contributed by atoms with Gasteiger partial charge in [0, 0.05) is 38.0 Å². The minimum atomic E-state index is -0.236. The van der Waals surface area contributed by atoms with Gasteiger partial charge in [-0.2, -0.15) is 0 Å². The second-order valence-electron chi connectivity index (χ2n) is 4.85. The van der Waals surface area contributed by atoms with E-state index < -0.39 is 0 Å². The van der Waals surface area contributed by atoms with Crippen LogP contribution < -0.4 is 11.1 Å². The van der Waals surface area contributed by atoms with Gasteiger partial charge in [-0.3, -0.25) is 9.69 Å². The van der Waals surface area contributed by atoms with Crippen LogP contribution in [0, 0.1) is 0 Å². The van der Waals surface area contributed by atoms with Crippen LogP contribution in [0.25, 0.3) is 0 Å². The number of anilines is 1. The van der Waals surface area contributed by atoms with Crippen LogP contribution in [0.3, 0.4) is 0 Å². The lowest BCUT2D eigenvalue weighted by atomic mass is 10.2. The lowest BCUT2D eigenvalue weighted by Crippen LogP contribution is -2.29. The summed E-state index contributed by atoms with van der Waals surface area (Å²) in [7, 11) is 1.56. The molecule has 1 aromatic heterocycles. The molecule has 0 fully saturated rings. The third kappa shape index (κ3) is 3.76. The van der Waals surface area contributed by atoms with Gasteiger partial charge < -0.3 is 15.8 Å². The van der Waals surface area contributed by atoms with Gasteiger partial charge in [0.2, 0.25) is 5.91 Å². The van der Waals surface area contributed by atoms with E-state index in [1.165, 1.54) is 4.88 Å². The Morgan fingerprint density at radius 1 is 1.65 bits per heavy atom. The maximum Gasteiger partial charge on any atom is 0.228 e. The number of hydrogen-bond acceptors (Lipinski definition) is 6. The van der Waals surface area contributed by atoms with E-state index in [1.54, 1.807) is 18.4 Å². The van der Waals surface area contributed by atoms with Crippen molar-refractivity contribution in [1.82, 2.24) is 9.88 Å². The fourth-order valence-corrected chi connectivity index (χ4v) is 3.28. The van der Waals surface area contributed by atoms with Gasteiger partial charge in [-0.15, -0.1) is 11.3 Å². The zero-order chi connectivity index (χ0) is 14.5. The van der Waals surface area contributed by atoms with Gasteiger partial charge in [0.25, 0.3) is 0 Å². The SMILES string of the molecule is CCN1CCc2nc(NC(=O)CC(CN)OC)sc2C1. The Bertz CT molecular complexity index is 459. The Balaban J connectivity index is 1.94. The van der Waals surface area contributed by atoms with Crippen molar-refractivity contribution < 1.29 is 9.53 Å². The topological polar surface area (TPSA) is 80.5 Å². The molecule has 3 N–H and O–H groups in total. The molecule has 0 saturated carbocycles. The molecule has 0 aliphatic carbocycles. The Hall–Kier alpha value is -1.02. The summed E-state index contributed by atoms with van der Waals surface area (Å²) in [5.41, 5.74) is 6.63. The van der Waals surface area contributed by atoms with Gasteiger partial charge in [0.1, 0.15) is 0 Å². The Kier molecular flexibility index (Phi) is 5.47. The van der Waals surface area contributed by atoms with Gasteiger partial charge in [-0.05, 0) is 6.54 Å². The highest BCUT2D eigenvalue weighted by atomic mass is 32.1. The largest absolute Gasteiger partial charge is 0.380 e. The number of nitrogens with two attached hydrogens (primary N) is 1. The molecule has 0 radical (unpaired) electrons. The van der Waals surface area contributed by atoms with Gasteiger partial charge >= 0.3 is 0 Å². The number of fused-ring (bicyclic) bond motifs is 1. The number of thiazole rings is 1. The molecule has 0 spiro atoms. The van der Waals surface area contributed by atoms with Gasteiger partial charge in [-0.25, -0.2) is 4.98 Å². The van der Waals surface area contributed by atoms with Crippen molar-refractivity contribution in [2.45, 2.75) is 32.4 Å². The molecule has 112 valence electrons. The summed E-state index contributed by atoms with van der Waals surface area (Å²) in [6.45, 7) is 5.52. The molecule has 2 heterocycles. The van der Waals surface area contributed by atoms with Crippen LogP contribution in [-0.4, -0.2) is 48.6 Å².